The van der Waals surface area contributed by atoms with Gasteiger partial charge in [-0.25, -0.2) is 0 Å². The molecule has 6 nitrogen and oxygen atoms in total. The highest BCUT2D eigenvalue weighted by Gasteiger charge is 2.18. The molecule has 30 heavy (non-hydrogen) atoms. The number of nitrogens with zero attached hydrogens (tertiary/aromatic N) is 4. The second kappa shape index (κ2) is 9.21. The Balaban J connectivity index is 1.36. The number of nitriles is 1. The summed E-state index contributed by atoms with van der Waals surface area (Å²) in [5.74, 6) is -0.260. The topological polar surface area (TPSA) is 72.3 Å². The monoisotopic (exact) mass is 397 g/mol. The Morgan fingerprint density at radius 2 is 1.73 bits per heavy atom. The van der Waals surface area contributed by atoms with Crippen molar-refractivity contribution in [2.45, 2.75) is 6.54 Å². The normalized spacial score (nSPS) is 14.2. The zero-order valence-corrected chi connectivity index (χ0v) is 16.7. The highest BCUT2D eigenvalue weighted by Crippen LogP contribution is 2.19. The number of piperazine rings is 1. The minimum absolute atomic E-state index is 0.260. The molecule has 0 atom stereocenters. The van der Waals surface area contributed by atoms with E-state index in [1.54, 1.807) is 30.5 Å². The van der Waals surface area contributed by atoms with E-state index in [0.717, 1.165) is 38.4 Å². The van der Waals surface area contributed by atoms with Gasteiger partial charge < -0.3 is 10.2 Å². The molecule has 0 unspecified atom stereocenters. The van der Waals surface area contributed by atoms with Gasteiger partial charge in [-0.3, -0.25) is 14.7 Å². The first kappa shape index (κ1) is 19.6. The zero-order valence-electron chi connectivity index (χ0n) is 16.7. The quantitative estimate of drug-likeness (QED) is 0.713. The van der Waals surface area contributed by atoms with Crippen molar-refractivity contribution in [2.24, 2.45) is 0 Å². The van der Waals surface area contributed by atoms with Crippen LogP contribution in [0.25, 0.3) is 0 Å². The summed E-state index contributed by atoms with van der Waals surface area (Å²) in [6, 6.07) is 23.1. The molecule has 1 saturated heterocycles. The molecule has 1 fully saturated rings. The Hall–Kier alpha value is -3.69. The van der Waals surface area contributed by atoms with Gasteiger partial charge in [-0.15, -0.1) is 0 Å². The summed E-state index contributed by atoms with van der Waals surface area (Å²) in [4.78, 5) is 21.6. The molecule has 1 aliphatic heterocycles. The largest absolute Gasteiger partial charge is 0.369 e. The SMILES string of the molecule is N#Cc1ccc(NC(=O)c2cc(N3CCN(Cc4ccccc4)CC3)ccn2)cc1. The third kappa shape index (κ3) is 4.83. The standard InChI is InChI=1S/C24H23N5O/c25-17-19-6-8-21(9-7-19)27-24(30)23-16-22(10-11-26-23)29-14-12-28(13-15-29)18-20-4-2-1-3-5-20/h1-11,16H,12-15,18H2,(H,27,30). The molecule has 0 saturated carbocycles. The highest BCUT2D eigenvalue weighted by molar-refractivity contribution is 6.03. The van der Waals surface area contributed by atoms with Crippen molar-refractivity contribution >= 4 is 17.3 Å². The number of benzene rings is 2. The van der Waals surface area contributed by atoms with Crippen molar-refractivity contribution < 1.29 is 4.79 Å². The van der Waals surface area contributed by atoms with E-state index in [9.17, 15) is 4.79 Å². The van der Waals surface area contributed by atoms with Gasteiger partial charge in [-0.1, -0.05) is 30.3 Å². The zero-order chi connectivity index (χ0) is 20.8. The van der Waals surface area contributed by atoms with Crippen LogP contribution in [0.3, 0.4) is 0 Å². The molecule has 0 bridgehead atoms. The van der Waals surface area contributed by atoms with E-state index in [0.29, 0.717) is 16.9 Å². The fourth-order valence-corrected chi connectivity index (χ4v) is 3.57. The number of carbonyl (C=O) groups is 1. The molecular weight excluding hydrogens is 374 g/mol. The summed E-state index contributed by atoms with van der Waals surface area (Å²) in [6.07, 6.45) is 1.68. The molecular formula is C24H23N5O. The van der Waals surface area contributed by atoms with E-state index in [1.807, 2.05) is 18.2 Å². The van der Waals surface area contributed by atoms with Crippen molar-refractivity contribution in [3.05, 3.63) is 89.7 Å². The predicted octanol–water partition coefficient (Wildman–Crippen LogP) is 3.53. The van der Waals surface area contributed by atoms with Gasteiger partial charge in [0, 0.05) is 50.3 Å². The minimum atomic E-state index is -0.260. The van der Waals surface area contributed by atoms with Crippen LogP contribution in [0.15, 0.2) is 72.9 Å². The number of amides is 1. The number of carbonyl (C=O) groups excluding carboxylic acids is 1. The van der Waals surface area contributed by atoms with Crippen LogP contribution in [0, 0.1) is 11.3 Å². The Bertz CT molecular complexity index is 1040. The van der Waals surface area contributed by atoms with Gasteiger partial charge in [0.2, 0.25) is 0 Å². The lowest BCUT2D eigenvalue weighted by atomic mass is 10.2. The van der Waals surface area contributed by atoms with Gasteiger partial charge in [-0.2, -0.15) is 5.26 Å². The lowest BCUT2D eigenvalue weighted by molar-refractivity contribution is 0.102. The van der Waals surface area contributed by atoms with E-state index >= 15 is 0 Å². The van der Waals surface area contributed by atoms with Gasteiger partial charge in [0.25, 0.3) is 5.91 Å². The predicted molar refractivity (Wildman–Crippen MR) is 117 cm³/mol. The minimum Gasteiger partial charge on any atom is -0.369 e. The van der Waals surface area contributed by atoms with Crippen molar-refractivity contribution in [2.75, 3.05) is 36.4 Å². The van der Waals surface area contributed by atoms with E-state index in [-0.39, 0.29) is 5.91 Å². The van der Waals surface area contributed by atoms with Crippen LogP contribution in [-0.4, -0.2) is 42.0 Å². The smallest absolute Gasteiger partial charge is 0.274 e. The summed E-state index contributed by atoms with van der Waals surface area (Å²) in [5.41, 5.74) is 3.91. The maximum Gasteiger partial charge on any atom is 0.274 e. The van der Waals surface area contributed by atoms with Crippen molar-refractivity contribution in [3.63, 3.8) is 0 Å². The molecule has 150 valence electrons. The van der Waals surface area contributed by atoms with Crippen molar-refractivity contribution in [1.29, 1.82) is 5.26 Å². The van der Waals surface area contributed by atoms with Crippen LogP contribution in [0.2, 0.25) is 0 Å². The molecule has 1 N–H and O–H groups in total. The molecule has 1 aliphatic rings. The van der Waals surface area contributed by atoms with Crippen LogP contribution in [0.4, 0.5) is 11.4 Å². The molecule has 4 rings (SSSR count). The van der Waals surface area contributed by atoms with Gasteiger partial charge in [0.1, 0.15) is 5.69 Å². The third-order valence-corrected chi connectivity index (χ3v) is 5.23. The number of rotatable bonds is 5. The summed E-state index contributed by atoms with van der Waals surface area (Å²) >= 11 is 0. The molecule has 2 aromatic carbocycles. The Morgan fingerprint density at radius 3 is 2.43 bits per heavy atom. The van der Waals surface area contributed by atoms with Crippen LogP contribution < -0.4 is 10.2 Å². The van der Waals surface area contributed by atoms with Gasteiger partial charge in [0.05, 0.1) is 11.6 Å². The Morgan fingerprint density at radius 1 is 1.00 bits per heavy atom. The van der Waals surface area contributed by atoms with Crippen LogP contribution in [-0.2, 0) is 6.54 Å². The Labute approximate surface area is 176 Å². The average Bonchev–Trinajstić information content (AvgIpc) is 2.81. The van der Waals surface area contributed by atoms with E-state index in [2.05, 4.69) is 50.4 Å². The molecule has 1 amide bonds. The molecule has 1 aromatic heterocycles. The summed E-state index contributed by atoms with van der Waals surface area (Å²) in [5, 5.41) is 11.7. The van der Waals surface area contributed by atoms with Gasteiger partial charge >= 0.3 is 0 Å². The highest BCUT2D eigenvalue weighted by atomic mass is 16.1. The number of pyridine rings is 1. The number of hydrogen-bond donors (Lipinski definition) is 1. The lowest BCUT2D eigenvalue weighted by Gasteiger charge is -2.36. The molecule has 0 spiro atoms. The van der Waals surface area contributed by atoms with Crippen molar-refractivity contribution in [1.82, 2.24) is 9.88 Å². The lowest BCUT2D eigenvalue weighted by Crippen LogP contribution is -2.46. The van der Waals surface area contributed by atoms with Gasteiger partial charge in [0.15, 0.2) is 0 Å². The Kier molecular flexibility index (Phi) is 6.02. The van der Waals surface area contributed by atoms with Gasteiger partial charge in [-0.05, 0) is 42.0 Å². The number of hydrogen-bond acceptors (Lipinski definition) is 5. The fraction of sp³-hybridized carbons (Fsp3) is 0.208. The van der Waals surface area contributed by atoms with Crippen LogP contribution >= 0.6 is 0 Å². The summed E-state index contributed by atoms with van der Waals surface area (Å²) < 4.78 is 0. The molecule has 2 heterocycles. The maximum atomic E-state index is 12.6. The van der Waals surface area contributed by atoms with Crippen LogP contribution in [0.5, 0.6) is 0 Å². The number of aromatic nitrogens is 1. The first-order valence-corrected chi connectivity index (χ1v) is 10.00. The molecule has 3 aromatic rings. The average molecular weight is 397 g/mol. The first-order chi connectivity index (χ1) is 14.7. The first-order valence-electron chi connectivity index (χ1n) is 10.00. The van der Waals surface area contributed by atoms with Crippen LogP contribution in [0.1, 0.15) is 21.6 Å². The summed E-state index contributed by atoms with van der Waals surface area (Å²) in [6.45, 7) is 4.73. The second-order valence-electron chi connectivity index (χ2n) is 7.29. The third-order valence-electron chi connectivity index (χ3n) is 5.23. The number of anilines is 2. The van der Waals surface area contributed by atoms with E-state index < -0.39 is 0 Å². The number of nitrogens with one attached hydrogen (secondary N) is 1. The maximum absolute atomic E-state index is 12.6. The fourth-order valence-electron chi connectivity index (χ4n) is 3.57. The molecule has 0 aliphatic carbocycles. The summed E-state index contributed by atoms with van der Waals surface area (Å²) in [7, 11) is 0. The van der Waals surface area contributed by atoms with Crippen molar-refractivity contribution in [3.8, 4) is 6.07 Å². The molecule has 6 heteroatoms. The second-order valence-corrected chi connectivity index (χ2v) is 7.29. The van der Waals surface area contributed by atoms with E-state index in [4.69, 9.17) is 5.26 Å². The van der Waals surface area contributed by atoms with E-state index in [1.165, 1.54) is 5.56 Å². The molecule has 0 radical (unpaired) electrons.